The first-order chi connectivity index (χ1) is 16.7. The number of fused-ring (bicyclic) bond motifs is 6. The smallest absolute Gasteiger partial charge is 0.144 e. The molecule has 0 spiro atoms. The summed E-state index contributed by atoms with van der Waals surface area (Å²) in [7, 11) is 0. The van der Waals surface area contributed by atoms with Gasteiger partial charge < -0.3 is 4.42 Å². The van der Waals surface area contributed by atoms with Crippen molar-refractivity contribution in [2.75, 3.05) is 0 Å². The van der Waals surface area contributed by atoms with Gasteiger partial charge in [-0.15, -0.1) is 0 Å². The third kappa shape index (κ3) is 2.77. The third-order valence-electron chi connectivity index (χ3n) is 6.47. The van der Waals surface area contributed by atoms with Gasteiger partial charge >= 0.3 is 0 Å². The number of rotatable bonds is 2. The molecule has 0 saturated carbocycles. The molecule has 7 aromatic rings. The first-order valence-electron chi connectivity index (χ1n) is 11.1. The number of para-hydroxylation sites is 3. The molecule has 4 aromatic heterocycles. The van der Waals surface area contributed by atoms with Crippen molar-refractivity contribution >= 4 is 59.7 Å². The lowest BCUT2D eigenvalue weighted by Gasteiger charge is -2.10. The first kappa shape index (κ1) is 19.5. The summed E-state index contributed by atoms with van der Waals surface area (Å²) in [5.74, 6) is 0.906. The zero-order chi connectivity index (χ0) is 22.8. The Bertz CT molecular complexity index is 1900. The maximum atomic E-state index is 6.28. The fourth-order valence-corrected chi connectivity index (χ4v) is 5.41. The Morgan fingerprint density at radius 1 is 0.735 bits per heavy atom. The van der Waals surface area contributed by atoms with Crippen LogP contribution >= 0.6 is 15.9 Å². The molecular weight excluding hydrogens is 486 g/mol. The molecule has 0 aliphatic heterocycles. The van der Waals surface area contributed by atoms with Crippen LogP contribution < -0.4 is 0 Å². The molecule has 4 nitrogen and oxygen atoms in total. The number of benzene rings is 3. The van der Waals surface area contributed by atoms with Crippen molar-refractivity contribution in [2.45, 2.75) is 6.92 Å². The number of aryl methyl sites for hydroxylation is 1. The normalized spacial score (nSPS) is 11.8. The van der Waals surface area contributed by atoms with Crippen molar-refractivity contribution in [1.82, 2.24) is 14.5 Å². The van der Waals surface area contributed by atoms with E-state index in [0.717, 1.165) is 65.5 Å². The molecule has 0 amide bonds. The average Bonchev–Trinajstić information content (AvgIpc) is 3.40. The lowest BCUT2D eigenvalue weighted by atomic mass is 10.0. The zero-order valence-electron chi connectivity index (χ0n) is 18.3. The average molecular weight is 504 g/mol. The summed E-state index contributed by atoms with van der Waals surface area (Å²) < 4.78 is 9.45. The molecule has 7 rings (SSSR count). The molecular formula is C29H18BrN3O. The summed E-state index contributed by atoms with van der Waals surface area (Å²) in [5.41, 5.74) is 6.86. The summed E-state index contributed by atoms with van der Waals surface area (Å²) in [6.07, 6.45) is 3.79. The molecule has 0 radical (unpaired) electrons. The van der Waals surface area contributed by atoms with Crippen LogP contribution in [0.1, 0.15) is 5.56 Å². The van der Waals surface area contributed by atoms with E-state index in [9.17, 15) is 0 Å². The molecule has 0 bridgehead atoms. The van der Waals surface area contributed by atoms with E-state index in [0.29, 0.717) is 0 Å². The van der Waals surface area contributed by atoms with E-state index < -0.39 is 0 Å². The van der Waals surface area contributed by atoms with E-state index in [1.165, 1.54) is 5.39 Å². The van der Waals surface area contributed by atoms with Crippen LogP contribution in [0.15, 0.2) is 100 Å². The van der Waals surface area contributed by atoms with E-state index in [2.05, 4.69) is 88.1 Å². The Labute approximate surface area is 203 Å². The van der Waals surface area contributed by atoms with Gasteiger partial charge in [-0.2, -0.15) is 0 Å². The molecule has 4 heterocycles. The second kappa shape index (κ2) is 7.27. The molecule has 162 valence electrons. The van der Waals surface area contributed by atoms with Gasteiger partial charge in [0.15, 0.2) is 0 Å². The van der Waals surface area contributed by atoms with Crippen LogP contribution in [-0.4, -0.2) is 14.5 Å². The monoisotopic (exact) mass is 503 g/mol. The number of aromatic nitrogens is 3. The lowest BCUT2D eigenvalue weighted by molar-refractivity contribution is 0.670. The summed E-state index contributed by atoms with van der Waals surface area (Å²) in [4.78, 5) is 9.65. The fraction of sp³-hybridized carbons (Fsp3) is 0.0345. The van der Waals surface area contributed by atoms with Gasteiger partial charge in [0.2, 0.25) is 0 Å². The van der Waals surface area contributed by atoms with Crippen LogP contribution in [-0.2, 0) is 0 Å². The molecule has 0 aliphatic rings. The zero-order valence-corrected chi connectivity index (χ0v) is 19.9. The van der Waals surface area contributed by atoms with Gasteiger partial charge in [0.05, 0.1) is 22.9 Å². The van der Waals surface area contributed by atoms with Crippen LogP contribution in [0, 0.1) is 6.92 Å². The highest BCUT2D eigenvalue weighted by atomic mass is 79.9. The highest BCUT2D eigenvalue weighted by Crippen LogP contribution is 2.38. The standard InChI is InChI=1S/C29H18BrN3O/c1-17-13-18(30)15-32-29(17)33-25-11-4-2-7-19(25)23-14-24(31-16-26(23)33)22-10-6-9-21-20-8-3-5-12-27(20)34-28(21)22/h2-16H,1H3. The summed E-state index contributed by atoms with van der Waals surface area (Å²) in [6.45, 7) is 2.08. The van der Waals surface area contributed by atoms with Crippen molar-refractivity contribution in [2.24, 2.45) is 0 Å². The van der Waals surface area contributed by atoms with Crippen LogP contribution in [0.2, 0.25) is 0 Å². The highest BCUT2D eigenvalue weighted by Gasteiger charge is 2.18. The Morgan fingerprint density at radius 3 is 2.41 bits per heavy atom. The quantitative estimate of drug-likeness (QED) is 0.238. The van der Waals surface area contributed by atoms with E-state index in [1.54, 1.807) is 0 Å². The summed E-state index contributed by atoms with van der Waals surface area (Å²) in [5, 5.41) is 4.53. The molecule has 0 fully saturated rings. The number of nitrogens with zero attached hydrogens (tertiary/aromatic N) is 3. The molecule has 3 aromatic carbocycles. The number of halogens is 1. The molecule has 5 heteroatoms. The predicted octanol–water partition coefficient (Wildman–Crippen LogP) is 8.21. The second-order valence-corrected chi connectivity index (χ2v) is 9.43. The van der Waals surface area contributed by atoms with Gasteiger partial charge in [-0.25, -0.2) is 4.98 Å². The number of hydrogen-bond acceptors (Lipinski definition) is 3. The minimum Gasteiger partial charge on any atom is -0.455 e. The van der Waals surface area contributed by atoms with E-state index in [-0.39, 0.29) is 0 Å². The van der Waals surface area contributed by atoms with Gasteiger partial charge in [-0.1, -0.05) is 48.5 Å². The number of pyridine rings is 2. The Balaban J connectivity index is 1.53. The van der Waals surface area contributed by atoms with Gasteiger partial charge in [0.1, 0.15) is 17.0 Å². The largest absolute Gasteiger partial charge is 0.455 e. The molecule has 0 unspecified atom stereocenters. The molecule has 0 atom stereocenters. The predicted molar refractivity (Wildman–Crippen MR) is 142 cm³/mol. The number of hydrogen-bond donors (Lipinski definition) is 0. The van der Waals surface area contributed by atoms with Crippen molar-refractivity contribution in [3.63, 3.8) is 0 Å². The molecule has 34 heavy (non-hydrogen) atoms. The van der Waals surface area contributed by atoms with Gasteiger partial charge in [0, 0.05) is 37.8 Å². The van der Waals surface area contributed by atoms with Gasteiger partial charge in [-0.05, 0) is 58.7 Å². The molecule has 0 saturated heterocycles. The summed E-state index contributed by atoms with van der Waals surface area (Å²) in [6, 6.07) is 27.1. The van der Waals surface area contributed by atoms with E-state index in [1.807, 2.05) is 30.6 Å². The SMILES string of the molecule is Cc1cc(Br)cnc1-n1c2ccccc2c2cc(-c3cccc4c3oc3ccccc34)ncc21. The van der Waals surface area contributed by atoms with Crippen LogP contribution in [0.4, 0.5) is 0 Å². The Kier molecular flexibility index (Phi) is 4.17. The number of furan rings is 1. The lowest BCUT2D eigenvalue weighted by Crippen LogP contribution is -2.00. The topological polar surface area (TPSA) is 43.9 Å². The van der Waals surface area contributed by atoms with Crippen LogP contribution in [0.5, 0.6) is 0 Å². The highest BCUT2D eigenvalue weighted by molar-refractivity contribution is 9.10. The minimum absolute atomic E-state index is 0.865. The van der Waals surface area contributed by atoms with E-state index >= 15 is 0 Å². The molecule has 0 aliphatic carbocycles. The second-order valence-electron chi connectivity index (χ2n) is 8.51. The molecule has 0 N–H and O–H groups in total. The van der Waals surface area contributed by atoms with Crippen molar-refractivity contribution in [3.05, 3.63) is 101 Å². The minimum atomic E-state index is 0.865. The van der Waals surface area contributed by atoms with E-state index in [4.69, 9.17) is 14.4 Å². The van der Waals surface area contributed by atoms with Crippen molar-refractivity contribution in [1.29, 1.82) is 0 Å². The first-order valence-corrected chi connectivity index (χ1v) is 11.9. The maximum absolute atomic E-state index is 6.28. The maximum Gasteiger partial charge on any atom is 0.144 e. The Hall–Kier alpha value is -3.96. The summed E-state index contributed by atoms with van der Waals surface area (Å²) >= 11 is 3.53. The van der Waals surface area contributed by atoms with Crippen LogP contribution in [0.25, 0.3) is 60.8 Å². The van der Waals surface area contributed by atoms with Gasteiger partial charge in [0.25, 0.3) is 0 Å². The van der Waals surface area contributed by atoms with Gasteiger partial charge in [-0.3, -0.25) is 9.55 Å². The third-order valence-corrected chi connectivity index (χ3v) is 6.90. The Morgan fingerprint density at radius 2 is 1.53 bits per heavy atom. The van der Waals surface area contributed by atoms with Crippen molar-refractivity contribution < 1.29 is 4.42 Å². The fourth-order valence-electron chi connectivity index (χ4n) is 4.96. The van der Waals surface area contributed by atoms with Crippen LogP contribution in [0.3, 0.4) is 0 Å². The van der Waals surface area contributed by atoms with Crippen molar-refractivity contribution in [3.8, 4) is 17.1 Å².